The molecule has 1 N–H and O–H groups in total. The molecule has 2 heterocycles. The van der Waals surface area contributed by atoms with Crippen LogP contribution in [0.25, 0.3) is 0 Å². The van der Waals surface area contributed by atoms with Gasteiger partial charge in [-0.05, 0) is 19.1 Å². The minimum absolute atomic E-state index is 0.0615. The highest BCUT2D eigenvalue weighted by Gasteiger charge is 2.35. The van der Waals surface area contributed by atoms with Crippen molar-refractivity contribution >= 4 is 17.5 Å². The molecule has 0 bridgehead atoms. The van der Waals surface area contributed by atoms with Crippen LogP contribution >= 0.6 is 0 Å². The summed E-state index contributed by atoms with van der Waals surface area (Å²) in [6, 6.07) is 5.57. The molecule has 0 saturated carbocycles. The van der Waals surface area contributed by atoms with Crippen molar-refractivity contribution in [2.45, 2.75) is 19.4 Å². The first-order valence-electron chi connectivity index (χ1n) is 9.65. The highest BCUT2D eigenvalue weighted by atomic mass is 16.5. The van der Waals surface area contributed by atoms with Crippen molar-refractivity contribution in [3.63, 3.8) is 0 Å². The van der Waals surface area contributed by atoms with Crippen LogP contribution in [-0.4, -0.2) is 76.4 Å². The Hall–Kier alpha value is -2.32. The number of rotatable bonds is 7. The third-order valence-electron chi connectivity index (χ3n) is 5.42. The van der Waals surface area contributed by atoms with E-state index in [1.165, 1.54) is 0 Å². The van der Waals surface area contributed by atoms with Crippen LogP contribution in [0.2, 0.25) is 0 Å². The van der Waals surface area contributed by atoms with Gasteiger partial charge in [-0.2, -0.15) is 0 Å². The van der Waals surface area contributed by atoms with Gasteiger partial charge >= 0.3 is 0 Å². The SMILES string of the molecule is COc1ccc(N2CC(C(=O)NCC(C)N3CCOCC3)CC2=O)cc1OC. The van der Waals surface area contributed by atoms with Gasteiger partial charge in [-0.3, -0.25) is 14.5 Å². The Morgan fingerprint density at radius 3 is 2.64 bits per heavy atom. The van der Waals surface area contributed by atoms with E-state index in [9.17, 15) is 9.59 Å². The number of nitrogens with one attached hydrogen (secondary N) is 1. The van der Waals surface area contributed by atoms with Gasteiger partial charge in [0.2, 0.25) is 11.8 Å². The lowest BCUT2D eigenvalue weighted by molar-refractivity contribution is -0.126. The third-order valence-corrected chi connectivity index (χ3v) is 5.42. The van der Waals surface area contributed by atoms with E-state index >= 15 is 0 Å². The third kappa shape index (κ3) is 4.56. The van der Waals surface area contributed by atoms with Crippen molar-refractivity contribution in [1.29, 1.82) is 0 Å². The first-order chi connectivity index (χ1) is 13.5. The summed E-state index contributed by atoms with van der Waals surface area (Å²) in [6.07, 6.45) is 0.214. The van der Waals surface area contributed by atoms with Crippen molar-refractivity contribution in [1.82, 2.24) is 10.2 Å². The molecule has 0 spiro atoms. The molecule has 0 aliphatic carbocycles. The zero-order valence-corrected chi connectivity index (χ0v) is 16.8. The molecular weight excluding hydrogens is 362 g/mol. The van der Waals surface area contributed by atoms with E-state index in [-0.39, 0.29) is 30.2 Å². The number of hydrogen-bond acceptors (Lipinski definition) is 6. The first kappa shape index (κ1) is 20.4. The summed E-state index contributed by atoms with van der Waals surface area (Å²) >= 11 is 0. The van der Waals surface area contributed by atoms with Gasteiger partial charge in [0, 0.05) is 50.4 Å². The van der Waals surface area contributed by atoms with Crippen LogP contribution in [0, 0.1) is 5.92 Å². The van der Waals surface area contributed by atoms with Crippen LogP contribution in [0.15, 0.2) is 18.2 Å². The minimum atomic E-state index is -0.350. The summed E-state index contributed by atoms with van der Waals surface area (Å²) in [5.74, 6) is 0.673. The molecule has 154 valence electrons. The smallest absolute Gasteiger partial charge is 0.227 e. The lowest BCUT2D eigenvalue weighted by atomic mass is 10.1. The van der Waals surface area contributed by atoms with E-state index in [4.69, 9.17) is 14.2 Å². The molecule has 1 aromatic carbocycles. The molecule has 28 heavy (non-hydrogen) atoms. The Kier molecular flexibility index (Phi) is 6.74. The van der Waals surface area contributed by atoms with E-state index in [1.807, 2.05) is 0 Å². The fourth-order valence-electron chi connectivity index (χ4n) is 3.67. The average Bonchev–Trinajstić information content (AvgIpc) is 3.13. The van der Waals surface area contributed by atoms with Gasteiger partial charge in [0.15, 0.2) is 11.5 Å². The Labute approximate surface area is 165 Å². The highest BCUT2D eigenvalue weighted by molar-refractivity contribution is 6.00. The van der Waals surface area contributed by atoms with E-state index in [1.54, 1.807) is 37.3 Å². The maximum atomic E-state index is 12.6. The zero-order valence-electron chi connectivity index (χ0n) is 16.8. The van der Waals surface area contributed by atoms with Gasteiger partial charge < -0.3 is 24.4 Å². The average molecular weight is 391 g/mol. The Morgan fingerprint density at radius 2 is 1.96 bits per heavy atom. The van der Waals surface area contributed by atoms with Crippen LogP contribution < -0.4 is 19.7 Å². The summed E-state index contributed by atoms with van der Waals surface area (Å²) in [5, 5.41) is 3.01. The molecule has 0 aromatic heterocycles. The quantitative estimate of drug-likeness (QED) is 0.744. The number of morpholine rings is 1. The number of methoxy groups -OCH3 is 2. The summed E-state index contributed by atoms with van der Waals surface area (Å²) in [4.78, 5) is 29.0. The predicted octanol–water partition coefficient (Wildman–Crippen LogP) is 0.894. The normalized spacial score (nSPS) is 21.5. The van der Waals surface area contributed by atoms with Crippen molar-refractivity contribution in [2.75, 3.05) is 58.5 Å². The molecule has 8 nitrogen and oxygen atoms in total. The second-order valence-electron chi connectivity index (χ2n) is 7.19. The van der Waals surface area contributed by atoms with Crippen LogP contribution in [0.4, 0.5) is 5.69 Å². The fourth-order valence-corrected chi connectivity index (χ4v) is 3.67. The summed E-state index contributed by atoms with van der Waals surface area (Å²) in [7, 11) is 3.12. The number of nitrogens with zero attached hydrogens (tertiary/aromatic N) is 2. The Balaban J connectivity index is 1.57. The van der Waals surface area contributed by atoms with Gasteiger partial charge in [0.05, 0.1) is 33.4 Å². The number of anilines is 1. The summed E-state index contributed by atoms with van der Waals surface area (Å²) in [5.41, 5.74) is 0.708. The molecule has 2 aliphatic rings. The van der Waals surface area contributed by atoms with Gasteiger partial charge in [-0.1, -0.05) is 0 Å². The lowest BCUT2D eigenvalue weighted by Gasteiger charge is -2.32. The van der Waals surface area contributed by atoms with Crippen LogP contribution in [0.5, 0.6) is 11.5 Å². The first-order valence-corrected chi connectivity index (χ1v) is 9.65. The molecule has 2 saturated heterocycles. The number of amides is 2. The van der Waals surface area contributed by atoms with E-state index in [0.29, 0.717) is 30.3 Å². The van der Waals surface area contributed by atoms with Crippen LogP contribution in [0.3, 0.4) is 0 Å². The molecular formula is C20H29N3O5. The van der Waals surface area contributed by atoms with Gasteiger partial charge in [0.1, 0.15) is 0 Å². The monoisotopic (exact) mass is 391 g/mol. The second kappa shape index (κ2) is 9.25. The topological polar surface area (TPSA) is 80.3 Å². The summed E-state index contributed by atoms with van der Waals surface area (Å²) < 4.78 is 15.9. The molecule has 0 radical (unpaired) electrons. The molecule has 8 heteroatoms. The van der Waals surface area contributed by atoms with Gasteiger partial charge in [-0.15, -0.1) is 0 Å². The highest BCUT2D eigenvalue weighted by Crippen LogP contribution is 2.34. The Morgan fingerprint density at radius 1 is 1.25 bits per heavy atom. The number of hydrogen-bond donors (Lipinski definition) is 1. The molecule has 1 aromatic rings. The molecule has 2 fully saturated rings. The van der Waals surface area contributed by atoms with E-state index < -0.39 is 0 Å². The largest absolute Gasteiger partial charge is 0.493 e. The van der Waals surface area contributed by atoms with Crippen molar-refractivity contribution < 1.29 is 23.8 Å². The van der Waals surface area contributed by atoms with E-state index in [0.717, 1.165) is 26.3 Å². The molecule has 2 amide bonds. The van der Waals surface area contributed by atoms with Crippen molar-refractivity contribution in [3.8, 4) is 11.5 Å². The van der Waals surface area contributed by atoms with Crippen molar-refractivity contribution in [3.05, 3.63) is 18.2 Å². The maximum Gasteiger partial charge on any atom is 0.227 e. The lowest BCUT2D eigenvalue weighted by Crippen LogP contribution is -2.48. The summed E-state index contributed by atoms with van der Waals surface area (Å²) in [6.45, 7) is 6.26. The van der Waals surface area contributed by atoms with Crippen LogP contribution in [-0.2, 0) is 14.3 Å². The zero-order chi connectivity index (χ0) is 20.1. The molecule has 2 aliphatic heterocycles. The van der Waals surface area contributed by atoms with Gasteiger partial charge in [0.25, 0.3) is 0 Å². The van der Waals surface area contributed by atoms with Crippen molar-refractivity contribution in [2.24, 2.45) is 5.92 Å². The van der Waals surface area contributed by atoms with Crippen LogP contribution in [0.1, 0.15) is 13.3 Å². The number of carbonyl (C=O) groups excluding carboxylic acids is 2. The predicted molar refractivity (Wildman–Crippen MR) is 105 cm³/mol. The second-order valence-corrected chi connectivity index (χ2v) is 7.19. The number of carbonyl (C=O) groups is 2. The maximum absolute atomic E-state index is 12.6. The molecule has 3 rings (SSSR count). The van der Waals surface area contributed by atoms with E-state index in [2.05, 4.69) is 17.1 Å². The fraction of sp³-hybridized carbons (Fsp3) is 0.600. The standard InChI is InChI=1S/C20H29N3O5/c1-14(22-6-8-28-9-7-22)12-21-20(25)15-10-19(24)23(13-15)16-4-5-17(26-2)18(11-16)27-3/h4-5,11,14-15H,6-10,12-13H2,1-3H3,(H,21,25). The number of benzene rings is 1. The van der Waals surface area contributed by atoms with Gasteiger partial charge in [-0.25, -0.2) is 0 Å². The molecule has 2 atom stereocenters. The number of ether oxygens (including phenoxy) is 3. The molecule has 2 unspecified atom stereocenters. The minimum Gasteiger partial charge on any atom is -0.493 e. The Bertz CT molecular complexity index is 705.